The molecule has 1 atom stereocenters. The number of furan rings is 2. The van der Waals surface area contributed by atoms with Crippen LogP contribution in [0.5, 0.6) is 0 Å². The third kappa shape index (κ3) is 13.3. The van der Waals surface area contributed by atoms with Crippen molar-refractivity contribution in [2.45, 2.75) is 13.0 Å². The SMILES string of the molecule is CNC(=O)c1c(-c2ccc(F)cc2)oc2cc(N(C)S(C)(=O)=O)c(-c3cc(-c4nc5c(F)cccc5o4)cc(C(C)O)c3)cc12.CNC(=O)c1c(-c2ccc(F)cc2)oc2cc(N(C)S(C)(=O)=O)c(-c3cc(C=O)cc(-c4nc5c(F)cccc5o4)c3)cc12.[Br-].[CH3-].[Mg+2]. The molecule has 0 aliphatic heterocycles. The van der Waals surface area contributed by atoms with Crippen LogP contribution in [0.25, 0.3) is 112 Å². The Kier molecular flexibility index (Phi) is 20.1. The maximum atomic E-state index is 14.5. The molecule has 0 radical (unpaired) electrons. The van der Waals surface area contributed by atoms with Gasteiger partial charge in [0, 0.05) is 90.0 Å². The number of aldehydes is 1. The Morgan fingerprint density at radius 3 is 1.29 bits per heavy atom. The summed E-state index contributed by atoms with van der Waals surface area (Å²) in [5.74, 6) is -2.59. The molecule has 12 aromatic rings. The van der Waals surface area contributed by atoms with Crippen molar-refractivity contribution >= 4 is 117 Å². The summed E-state index contributed by atoms with van der Waals surface area (Å²) >= 11 is 0. The van der Waals surface area contributed by atoms with Gasteiger partial charge in [-0.05, 0) is 145 Å². The van der Waals surface area contributed by atoms with Gasteiger partial charge in [0.05, 0.1) is 41.1 Å². The fourth-order valence-corrected chi connectivity index (χ4v) is 11.2. The summed E-state index contributed by atoms with van der Waals surface area (Å²) in [5.41, 5.74) is 5.38. The summed E-state index contributed by atoms with van der Waals surface area (Å²) in [6, 6.07) is 35.4. The zero-order chi connectivity index (χ0) is 63.5. The minimum absolute atomic E-state index is 0. The molecule has 3 N–H and O–H groups in total. The molecule has 0 saturated heterocycles. The summed E-state index contributed by atoms with van der Waals surface area (Å²) in [5, 5.41) is 16.5. The average Bonchev–Trinajstić information content (AvgIpc) is 1.54. The van der Waals surface area contributed by atoms with Gasteiger partial charge in [-0.15, -0.1) is 0 Å². The number of nitrogens with one attached hydrogen (secondary N) is 2. The van der Waals surface area contributed by atoms with Crippen molar-refractivity contribution in [3.63, 3.8) is 0 Å². The number of rotatable bonds is 14. The van der Waals surface area contributed by atoms with Crippen molar-refractivity contribution in [3.05, 3.63) is 199 Å². The van der Waals surface area contributed by atoms with Crippen LogP contribution in [0.2, 0.25) is 0 Å². The number of amides is 2. The van der Waals surface area contributed by atoms with E-state index in [9.17, 15) is 53.9 Å². The maximum Gasteiger partial charge on any atom is 2.00 e. The van der Waals surface area contributed by atoms with Crippen molar-refractivity contribution in [1.82, 2.24) is 20.6 Å². The van der Waals surface area contributed by atoms with Crippen LogP contribution >= 0.6 is 0 Å². The number of benzene rings is 8. The number of anilines is 2. The number of oxazole rings is 2. The van der Waals surface area contributed by atoms with Crippen LogP contribution in [0.1, 0.15) is 49.7 Å². The third-order valence-electron chi connectivity index (χ3n) is 14.8. The quantitative estimate of drug-likeness (QED) is 0.0397. The molecule has 0 aliphatic rings. The number of sulfonamides is 2. The van der Waals surface area contributed by atoms with Gasteiger partial charge < -0.3 is 57.8 Å². The van der Waals surface area contributed by atoms with Crippen molar-refractivity contribution in [1.29, 1.82) is 0 Å². The zero-order valence-corrected chi connectivity index (χ0v) is 54.8. The Morgan fingerprint density at radius 1 is 0.543 bits per heavy atom. The summed E-state index contributed by atoms with van der Waals surface area (Å²) < 4.78 is 133. The van der Waals surface area contributed by atoms with E-state index in [0.29, 0.717) is 67.1 Å². The Morgan fingerprint density at radius 2 is 0.924 bits per heavy atom. The molecule has 1 unspecified atom stereocenters. The number of nitrogens with zero attached hydrogens (tertiary/aromatic N) is 4. The van der Waals surface area contributed by atoms with E-state index >= 15 is 0 Å². The number of hydrogen-bond acceptors (Lipinski definition) is 14. The predicted molar refractivity (Wildman–Crippen MR) is 341 cm³/mol. The molecule has 8 aromatic carbocycles. The minimum Gasteiger partial charge on any atom is -1.00 e. The number of fused-ring (bicyclic) bond motifs is 4. The Labute approximate surface area is 550 Å². The second-order valence-electron chi connectivity index (χ2n) is 20.7. The number of carbonyl (C=O) groups is 3. The second kappa shape index (κ2) is 26.9. The molecule has 0 saturated carbocycles. The molecule has 4 heterocycles. The van der Waals surface area contributed by atoms with Crippen LogP contribution in [0.15, 0.2) is 163 Å². The van der Waals surface area contributed by atoms with Gasteiger partial charge in [-0.2, -0.15) is 0 Å². The number of carbonyl (C=O) groups excluding carboxylic acids is 3. The van der Waals surface area contributed by atoms with Gasteiger partial charge in [0.1, 0.15) is 51.6 Å². The van der Waals surface area contributed by atoms with E-state index in [0.717, 1.165) is 21.1 Å². The van der Waals surface area contributed by atoms with Crippen molar-refractivity contribution < 1.29 is 88.5 Å². The molecule has 0 spiro atoms. The molecule has 0 fully saturated rings. The van der Waals surface area contributed by atoms with E-state index in [2.05, 4.69) is 20.6 Å². The molecule has 4 aromatic heterocycles. The Hall–Kier alpha value is -9.18. The Balaban J connectivity index is 0.000000229. The smallest absolute Gasteiger partial charge is 1.00 e. The summed E-state index contributed by atoms with van der Waals surface area (Å²) in [6.45, 7) is 1.57. The van der Waals surface area contributed by atoms with E-state index in [4.69, 9.17) is 17.7 Å². The van der Waals surface area contributed by atoms with E-state index in [1.54, 1.807) is 61.5 Å². The minimum atomic E-state index is -3.81. The first-order valence-corrected chi connectivity index (χ1v) is 30.6. The molecule has 2 amide bonds. The van der Waals surface area contributed by atoms with E-state index in [1.807, 2.05) is 0 Å². The molecule has 468 valence electrons. The second-order valence-corrected chi connectivity index (χ2v) is 24.7. The van der Waals surface area contributed by atoms with Gasteiger partial charge >= 0.3 is 23.1 Å². The molecule has 18 nitrogen and oxygen atoms in total. The van der Waals surface area contributed by atoms with Crippen LogP contribution in [0.3, 0.4) is 0 Å². The first-order valence-electron chi connectivity index (χ1n) is 26.9. The molecular formula is C66H53BrF4MgN6O12S2. The van der Waals surface area contributed by atoms with Crippen molar-refractivity contribution in [2.75, 3.05) is 49.3 Å². The van der Waals surface area contributed by atoms with Gasteiger partial charge in [-0.1, -0.05) is 12.1 Å². The summed E-state index contributed by atoms with van der Waals surface area (Å²) in [6.07, 6.45) is 1.73. The summed E-state index contributed by atoms with van der Waals surface area (Å²) in [7, 11) is -1.95. The number of aromatic nitrogens is 2. The maximum absolute atomic E-state index is 14.5. The average molecular weight is 1370 g/mol. The van der Waals surface area contributed by atoms with Crippen molar-refractivity contribution in [2.24, 2.45) is 0 Å². The van der Waals surface area contributed by atoms with E-state index in [1.165, 1.54) is 119 Å². The van der Waals surface area contributed by atoms with Gasteiger partial charge in [-0.25, -0.2) is 44.4 Å². The Bertz CT molecular complexity index is 5100. The fraction of sp³-hybridized carbons (Fsp3) is 0.121. The van der Waals surface area contributed by atoms with Crippen LogP contribution in [-0.4, -0.2) is 114 Å². The van der Waals surface area contributed by atoms with Crippen LogP contribution in [0.4, 0.5) is 28.9 Å². The zero-order valence-electron chi connectivity index (χ0n) is 50.2. The standard InChI is InChI=1S/C33H27F2N3O6S.C32H23F2N3O6S.CH3.BrH.Mg/c1-17(39)19-12-20(14-21(13-19)33-37-30-25(35)6-5-7-27(30)44-33)23-15-24-28(16-26(23)38(3)45(4,41)42)43-31(29(24)32(40)36-2)18-8-10-22(34)11-9-18;1-35-31(39)28-23-14-22(19-11-17(16-38)12-20(13-19)32-36-29-24(34)5-4-6-26(29)43-32)25(37(2)44(3,40)41)15-27(23)42-30(28)18-7-9-21(33)10-8-18;;;/h5-17,39H,1-4H3,(H,36,40);4-16H,1-3H3,(H,35,39);1H3;1H;/q;;-1;;+2/p-1. The first-order chi connectivity index (χ1) is 42.3. The number of hydrogen-bond donors (Lipinski definition) is 3. The third-order valence-corrected chi connectivity index (χ3v) is 17.2. The predicted octanol–water partition coefficient (Wildman–Crippen LogP) is 10.2. The largest absolute Gasteiger partial charge is 2.00 e. The van der Waals surface area contributed by atoms with Gasteiger partial charge in [-0.3, -0.25) is 23.0 Å². The van der Waals surface area contributed by atoms with Gasteiger partial charge in [0.25, 0.3) is 11.8 Å². The van der Waals surface area contributed by atoms with Gasteiger partial charge in [0.15, 0.2) is 22.8 Å². The van der Waals surface area contributed by atoms with Crippen LogP contribution in [-0.2, 0) is 20.0 Å². The van der Waals surface area contributed by atoms with Crippen LogP contribution < -0.4 is 36.2 Å². The van der Waals surface area contributed by atoms with E-state index < -0.39 is 61.2 Å². The number of para-hydroxylation sites is 2. The van der Waals surface area contributed by atoms with E-state index in [-0.39, 0.29) is 132 Å². The van der Waals surface area contributed by atoms with Gasteiger partial charge in [0.2, 0.25) is 31.8 Å². The number of aliphatic hydroxyl groups excluding tert-OH is 1. The van der Waals surface area contributed by atoms with Crippen LogP contribution in [0, 0.1) is 30.7 Å². The number of halogens is 5. The summed E-state index contributed by atoms with van der Waals surface area (Å²) in [4.78, 5) is 47.1. The topological polar surface area (TPSA) is 249 Å². The first kappa shape index (κ1) is 68.7. The number of aliphatic hydroxyl groups is 1. The monoisotopic (exact) mass is 1360 g/mol. The molecule has 26 heteroatoms. The fourth-order valence-electron chi connectivity index (χ4n) is 10.2. The molecular weight excluding hydrogens is 1310 g/mol. The normalized spacial score (nSPS) is 11.7. The molecule has 92 heavy (non-hydrogen) atoms. The molecule has 0 aliphatic carbocycles. The molecule has 12 rings (SSSR count). The van der Waals surface area contributed by atoms with Crippen molar-refractivity contribution in [3.8, 4) is 67.8 Å². The molecule has 0 bridgehead atoms.